The van der Waals surface area contributed by atoms with Crippen LogP contribution in [0.1, 0.15) is 5.69 Å². The number of nitrogens with zero attached hydrogens (tertiary/aromatic N) is 2. The second-order valence-corrected chi connectivity index (χ2v) is 6.85. The topological polar surface area (TPSA) is 51.0 Å². The van der Waals surface area contributed by atoms with E-state index in [9.17, 15) is 4.79 Å². The predicted molar refractivity (Wildman–Crippen MR) is 110 cm³/mol. The summed E-state index contributed by atoms with van der Waals surface area (Å²) in [5.41, 5.74) is 2.75. The van der Waals surface area contributed by atoms with E-state index >= 15 is 0 Å². The van der Waals surface area contributed by atoms with Crippen molar-refractivity contribution in [2.75, 3.05) is 10.6 Å². The molecule has 0 spiro atoms. The Hall–Kier alpha value is -2.38. The zero-order valence-electron chi connectivity index (χ0n) is 13.8. The molecular formula is C18H17BrN4OS. The molecule has 0 saturated carbocycles. The standard InChI is InChI=1S/C18H17BrN4OS/c1-12-16(21-18(25)20-14-8-6-7-13(19)11-14)17(24)23(22(12)2)15-9-4-3-5-10-15/h3-11H,1-2H3,(H2,20,21,25). The van der Waals surface area contributed by atoms with E-state index in [0.29, 0.717) is 10.8 Å². The molecule has 0 aliphatic heterocycles. The molecule has 7 heteroatoms. The van der Waals surface area contributed by atoms with Crippen molar-refractivity contribution in [3.63, 3.8) is 0 Å². The minimum Gasteiger partial charge on any atom is -0.332 e. The number of thiocarbonyl (C=S) groups is 1. The van der Waals surface area contributed by atoms with Gasteiger partial charge < -0.3 is 10.6 Å². The highest BCUT2D eigenvalue weighted by Crippen LogP contribution is 2.17. The molecule has 0 aliphatic rings. The third-order valence-corrected chi connectivity index (χ3v) is 4.57. The molecule has 128 valence electrons. The maximum Gasteiger partial charge on any atom is 0.295 e. The zero-order valence-corrected chi connectivity index (χ0v) is 16.2. The maximum absolute atomic E-state index is 12.8. The summed E-state index contributed by atoms with van der Waals surface area (Å²) in [5, 5.41) is 6.48. The zero-order chi connectivity index (χ0) is 18.0. The Morgan fingerprint density at radius 3 is 2.48 bits per heavy atom. The fourth-order valence-corrected chi connectivity index (χ4v) is 3.17. The van der Waals surface area contributed by atoms with Crippen LogP contribution in [-0.4, -0.2) is 14.5 Å². The molecule has 0 atom stereocenters. The number of anilines is 2. The Kier molecular flexibility index (Phi) is 5.06. The van der Waals surface area contributed by atoms with Crippen molar-refractivity contribution in [2.45, 2.75) is 6.92 Å². The minimum absolute atomic E-state index is 0.149. The Balaban J connectivity index is 1.88. The predicted octanol–water partition coefficient (Wildman–Crippen LogP) is 4.06. The highest BCUT2D eigenvalue weighted by Gasteiger charge is 2.16. The van der Waals surface area contributed by atoms with Gasteiger partial charge in [0, 0.05) is 17.2 Å². The summed E-state index contributed by atoms with van der Waals surface area (Å²) in [6, 6.07) is 17.2. The number of para-hydroxylation sites is 1. The van der Waals surface area contributed by atoms with E-state index in [1.54, 1.807) is 4.68 Å². The van der Waals surface area contributed by atoms with Crippen molar-refractivity contribution in [1.82, 2.24) is 9.36 Å². The third kappa shape index (κ3) is 3.67. The Morgan fingerprint density at radius 2 is 1.80 bits per heavy atom. The van der Waals surface area contributed by atoms with Gasteiger partial charge in [0.25, 0.3) is 5.56 Å². The van der Waals surface area contributed by atoms with Crippen molar-refractivity contribution >= 4 is 44.6 Å². The van der Waals surface area contributed by atoms with E-state index in [1.165, 1.54) is 0 Å². The van der Waals surface area contributed by atoms with Crippen LogP contribution in [0, 0.1) is 6.92 Å². The molecule has 2 aromatic carbocycles. The third-order valence-electron chi connectivity index (χ3n) is 3.88. The van der Waals surface area contributed by atoms with Gasteiger partial charge >= 0.3 is 0 Å². The molecule has 3 aromatic rings. The molecule has 3 rings (SSSR count). The first kappa shape index (κ1) is 17.4. The van der Waals surface area contributed by atoms with E-state index in [2.05, 4.69) is 26.6 Å². The number of hydrogen-bond acceptors (Lipinski definition) is 2. The molecule has 1 heterocycles. The summed E-state index contributed by atoms with van der Waals surface area (Å²) in [5.74, 6) is 0. The number of hydrogen-bond donors (Lipinski definition) is 2. The van der Waals surface area contributed by atoms with Gasteiger partial charge in [-0.3, -0.25) is 9.48 Å². The van der Waals surface area contributed by atoms with Crippen LogP contribution in [0.15, 0.2) is 63.9 Å². The van der Waals surface area contributed by atoms with Crippen molar-refractivity contribution in [2.24, 2.45) is 7.05 Å². The Labute approximate surface area is 159 Å². The molecule has 0 radical (unpaired) electrons. The van der Waals surface area contributed by atoms with Crippen molar-refractivity contribution in [1.29, 1.82) is 0 Å². The van der Waals surface area contributed by atoms with Gasteiger partial charge in [0.1, 0.15) is 5.69 Å². The maximum atomic E-state index is 12.8. The van der Waals surface area contributed by atoms with Crippen molar-refractivity contribution in [3.05, 3.63) is 75.1 Å². The largest absolute Gasteiger partial charge is 0.332 e. The lowest BCUT2D eigenvalue weighted by atomic mass is 10.3. The SMILES string of the molecule is Cc1c(NC(=S)Nc2cccc(Br)c2)c(=O)n(-c2ccccc2)n1C. The lowest BCUT2D eigenvalue weighted by molar-refractivity contribution is 0.630. The van der Waals surface area contributed by atoms with E-state index < -0.39 is 0 Å². The van der Waals surface area contributed by atoms with Crippen molar-refractivity contribution in [3.8, 4) is 5.69 Å². The van der Waals surface area contributed by atoms with Crippen LogP contribution in [-0.2, 0) is 7.05 Å². The molecule has 0 fully saturated rings. The lowest BCUT2D eigenvalue weighted by Gasteiger charge is -2.09. The number of halogens is 1. The normalized spacial score (nSPS) is 10.5. The van der Waals surface area contributed by atoms with Gasteiger partial charge in [-0.2, -0.15) is 0 Å². The smallest absolute Gasteiger partial charge is 0.295 e. The lowest BCUT2D eigenvalue weighted by Crippen LogP contribution is -2.25. The molecule has 0 unspecified atom stereocenters. The summed E-state index contributed by atoms with van der Waals surface area (Å²) in [4.78, 5) is 12.8. The van der Waals surface area contributed by atoms with Crippen LogP contribution < -0.4 is 16.2 Å². The molecule has 25 heavy (non-hydrogen) atoms. The summed E-state index contributed by atoms with van der Waals surface area (Å²) in [7, 11) is 1.85. The van der Waals surface area contributed by atoms with Crippen LogP contribution in [0.5, 0.6) is 0 Å². The second-order valence-electron chi connectivity index (χ2n) is 5.53. The van der Waals surface area contributed by atoms with Gasteiger partial charge in [-0.05, 0) is 49.5 Å². The van der Waals surface area contributed by atoms with Gasteiger partial charge in [-0.25, -0.2) is 4.68 Å². The molecule has 5 nitrogen and oxygen atoms in total. The molecule has 2 N–H and O–H groups in total. The van der Waals surface area contributed by atoms with Crippen LogP contribution in [0.2, 0.25) is 0 Å². The van der Waals surface area contributed by atoms with E-state index in [1.807, 2.05) is 73.3 Å². The van der Waals surface area contributed by atoms with Crippen LogP contribution in [0.3, 0.4) is 0 Å². The van der Waals surface area contributed by atoms with Crippen LogP contribution in [0.4, 0.5) is 11.4 Å². The van der Waals surface area contributed by atoms with Gasteiger partial charge in [0.05, 0.1) is 11.4 Å². The fourth-order valence-electron chi connectivity index (χ4n) is 2.55. The first-order valence-corrected chi connectivity index (χ1v) is 8.85. The second kappa shape index (κ2) is 7.25. The van der Waals surface area contributed by atoms with Crippen molar-refractivity contribution < 1.29 is 0 Å². The average molecular weight is 417 g/mol. The molecule has 0 amide bonds. The number of benzene rings is 2. The molecule has 0 bridgehead atoms. The average Bonchev–Trinajstić information content (AvgIpc) is 2.79. The summed E-state index contributed by atoms with van der Waals surface area (Å²) < 4.78 is 4.36. The number of nitrogens with one attached hydrogen (secondary N) is 2. The Bertz CT molecular complexity index is 978. The van der Waals surface area contributed by atoms with Gasteiger partial charge in [0.15, 0.2) is 5.11 Å². The van der Waals surface area contributed by atoms with Gasteiger partial charge in [0.2, 0.25) is 0 Å². The summed E-state index contributed by atoms with van der Waals surface area (Å²) >= 11 is 8.78. The molecule has 0 saturated heterocycles. The minimum atomic E-state index is -0.149. The van der Waals surface area contributed by atoms with Crippen LogP contribution >= 0.6 is 28.1 Å². The van der Waals surface area contributed by atoms with E-state index in [-0.39, 0.29) is 5.56 Å². The molecular weight excluding hydrogens is 400 g/mol. The van der Waals surface area contributed by atoms with E-state index in [4.69, 9.17) is 12.2 Å². The van der Waals surface area contributed by atoms with Gasteiger partial charge in [-0.1, -0.05) is 40.2 Å². The monoisotopic (exact) mass is 416 g/mol. The fraction of sp³-hybridized carbons (Fsp3) is 0.111. The Morgan fingerprint density at radius 1 is 1.08 bits per heavy atom. The highest BCUT2D eigenvalue weighted by atomic mass is 79.9. The van der Waals surface area contributed by atoms with E-state index in [0.717, 1.165) is 21.5 Å². The molecule has 0 aliphatic carbocycles. The molecule has 1 aromatic heterocycles. The number of rotatable bonds is 3. The number of aromatic nitrogens is 2. The summed E-state index contributed by atoms with van der Waals surface area (Å²) in [6.07, 6.45) is 0. The quantitative estimate of drug-likeness (QED) is 0.632. The summed E-state index contributed by atoms with van der Waals surface area (Å²) in [6.45, 7) is 1.88. The van der Waals surface area contributed by atoms with Crippen LogP contribution in [0.25, 0.3) is 5.69 Å². The first-order chi connectivity index (χ1) is 12.0. The first-order valence-electron chi connectivity index (χ1n) is 7.65. The van der Waals surface area contributed by atoms with Gasteiger partial charge in [-0.15, -0.1) is 0 Å². The highest BCUT2D eigenvalue weighted by molar-refractivity contribution is 9.10.